The first-order chi connectivity index (χ1) is 12.9. The first kappa shape index (κ1) is 20.6. The van der Waals surface area contributed by atoms with Gasteiger partial charge in [-0.05, 0) is 42.5 Å². The molecular weight excluding hydrogens is 380 g/mol. The average Bonchev–Trinajstić information content (AvgIpc) is 3.07. The predicted molar refractivity (Wildman–Crippen MR) is 95.7 cm³/mol. The standard InChI is InChI=1S/C18H19F2NO5S/c1-2-25-13-5-3-11(4-6-13)9-12(17(23)24)10-21-16(22)15-14(7-8-27-15)26-18(19)20/h3-8,12,18H,2,9-10H2,1H3,(H,21,22)(H,23,24). The van der Waals surface area contributed by atoms with Crippen LogP contribution < -0.4 is 14.8 Å². The zero-order valence-electron chi connectivity index (χ0n) is 14.5. The van der Waals surface area contributed by atoms with Gasteiger partial charge in [-0.25, -0.2) is 0 Å². The van der Waals surface area contributed by atoms with E-state index in [4.69, 9.17) is 4.74 Å². The lowest BCUT2D eigenvalue weighted by Gasteiger charge is -2.14. The summed E-state index contributed by atoms with van der Waals surface area (Å²) in [6.45, 7) is -0.795. The lowest BCUT2D eigenvalue weighted by atomic mass is 9.99. The second kappa shape index (κ2) is 9.86. The monoisotopic (exact) mass is 399 g/mol. The Labute approximate surface area is 158 Å². The minimum atomic E-state index is -3.04. The number of ether oxygens (including phenoxy) is 2. The number of hydrogen-bond acceptors (Lipinski definition) is 5. The minimum Gasteiger partial charge on any atom is -0.494 e. The summed E-state index contributed by atoms with van der Waals surface area (Å²) in [5.74, 6) is -2.14. The highest BCUT2D eigenvalue weighted by molar-refractivity contribution is 7.12. The van der Waals surface area contributed by atoms with E-state index in [1.165, 1.54) is 11.4 Å². The molecule has 0 aliphatic heterocycles. The SMILES string of the molecule is CCOc1ccc(CC(CNC(=O)c2sccc2OC(F)F)C(=O)O)cc1. The summed E-state index contributed by atoms with van der Waals surface area (Å²) in [5, 5.41) is 13.3. The summed E-state index contributed by atoms with van der Waals surface area (Å²) >= 11 is 0.938. The molecule has 0 radical (unpaired) electrons. The fourth-order valence-corrected chi connectivity index (χ4v) is 3.11. The van der Waals surface area contributed by atoms with Crippen LogP contribution in [0.1, 0.15) is 22.2 Å². The summed E-state index contributed by atoms with van der Waals surface area (Å²) in [6, 6.07) is 8.28. The molecule has 2 aromatic rings. The Balaban J connectivity index is 1.97. The molecule has 0 bridgehead atoms. The Kier molecular flexibility index (Phi) is 7.54. The van der Waals surface area contributed by atoms with Crippen LogP contribution in [0.2, 0.25) is 0 Å². The Morgan fingerprint density at radius 1 is 1.22 bits per heavy atom. The number of aliphatic carboxylic acids is 1. The first-order valence-corrected chi connectivity index (χ1v) is 9.03. The second-order valence-electron chi connectivity index (χ2n) is 5.52. The third-order valence-electron chi connectivity index (χ3n) is 3.63. The highest BCUT2D eigenvalue weighted by atomic mass is 32.1. The summed E-state index contributed by atoms with van der Waals surface area (Å²) in [6.07, 6.45) is 0.201. The molecule has 1 aromatic heterocycles. The number of benzene rings is 1. The molecule has 1 atom stereocenters. The lowest BCUT2D eigenvalue weighted by molar-refractivity contribution is -0.141. The number of amides is 1. The zero-order valence-corrected chi connectivity index (χ0v) is 15.3. The number of carboxylic acids is 1. The lowest BCUT2D eigenvalue weighted by Crippen LogP contribution is -2.34. The van der Waals surface area contributed by atoms with Crippen molar-refractivity contribution in [2.24, 2.45) is 5.92 Å². The van der Waals surface area contributed by atoms with Crippen LogP contribution in [0.3, 0.4) is 0 Å². The van der Waals surface area contributed by atoms with Gasteiger partial charge in [-0.15, -0.1) is 11.3 Å². The van der Waals surface area contributed by atoms with Gasteiger partial charge in [-0.3, -0.25) is 9.59 Å². The van der Waals surface area contributed by atoms with Gasteiger partial charge in [0.1, 0.15) is 16.4 Å². The van der Waals surface area contributed by atoms with Crippen LogP contribution in [0.15, 0.2) is 35.7 Å². The van der Waals surface area contributed by atoms with Crippen molar-refractivity contribution in [2.75, 3.05) is 13.2 Å². The molecule has 2 rings (SSSR count). The van der Waals surface area contributed by atoms with E-state index in [1.54, 1.807) is 24.3 Å². The number of carbonyl (C=O) groups excluding carboxylic acids is 1. The zero-order chi connectivity index (χ0) is 19.8. The van der Waals surface area contributed by atoms with Gasteiger partial charge < -0.3 is 19.9 Å². The highest BCUT2D eigenvalue weighted by Crippen LogP contribution is 2.26. The number of carbonyl (C=O) groups is 2. The van der Waals surface area contributed by atoms with Crippen LogP contribution in [0, 0.1) is 5.92 Å². The van der Waals surface area contributed by atoms with Crippen LogP contribution in [-0.4, -0.2) is 36.7 Å². The Hall–Kier alpha value is -2.68. The number of halogens is 2. The van der Waals surface area contributed by atoms with Gasteiger partial charge in [0.05, 0.1) is 12.5 Å². The van der Waals surface area contributed by atoms with Crippen LogP contribution >= 0.6 is 11.3 Å². The van der Waals surface area contributed by atoms with Crippen molar-refractivity contribution in [3.8, 4) is 11.5 Å². The number of thiophene rings is 1. The van der Waals surface area contributed by atoms with Crippen molar-refractivity contribution in [2.45, 2.75) is 20.0 Å². The number of nitrogens with one attached hydrogen (secondary N) is 1. The normalized spacial score (nSPS) is 11.9. The van der Waals surface area contributed by atoms with Crippen LogP contribution in [-0.2, 0) is 11.2 Å². The number of rotatable bonds is 10. The van der Waals surface area contributed by atoms with Crippen molar-refractivity contribution >= 4 is 23.2 Å². The quantitative estimate of drug-likeness (QED) is 0.640. The predicted octanol–water partition coefficient (Wildman–Crippen LogP) is 3.42. The molecule has 27 heavy (non-hydrogen) atoms. The minimum absolute atomic E-state index is 0.0273. The first-order valence-electron chi connectivity index (χ1n) is 8.15. The molecule has 1 unspecified atom stereocenters. The van der Waals surface area contributed by atoms with Gasteiger partial charge in [-0.2, -0.15) is 8.78 Å². The average molecular weight is 399 g/mol. The Morgan fingerprint density at radius 3 is 2.52 bits per heavy atom. The van der Waals surface area contributed by atoms with E-state index < -0.39 is 24.4 Å². The molecule has 146 valence electrons. The number of hydrogen-bond donors (Lipinski definition) is 2. The summed E-state index contributed by atoms with van der Waals surface area (Å²) in [4.78, 5) is 23.6. The maximum atomic E-state index is 12.3. The van der Waals surface area contributed by atoms with E-state index in [-0.39, 0.29) is 23.6 Å². The molecule has 9 heteroatoms. The fourth-order valence-electron chi connectivity index (χ4n) is 2.37. The third-order valence-corrected chi connectivity index (χ3v) is 4.52. The molecule has 0 aliphatic carbocycles. The molecular formula is C18H19F2NO5S. The maximum Gasteiger partial charge on any atom is 0.387 e. The largest absolute Gasteiger partial charge is 0.494 e. The number of alkyl halides is 2. The van der Waals surface area contributed by atoms with Crippen LogP contribution in [0.5, 0.6) is 11.5 Å². The molecule has 1 heterocycles. The molecule has 6 nitrogen and oxygen atoms in total. The van der Waals surface area contributed by atoms with Crippen molar-refractivity contribution in [3.05, 3.63) is 46.2 Å². The molecule has 0 fully saturated rings. The van der Waals surface area contributed by atoms with E-state index in [0.717, 1.165) is 16.9 Å². The molecule has 2 N–H and O–H groups in total. The van der Waals surface area contributed by atoms with Gasteiger partial charge in [0.2, 0.25) is 0 Å². The van der Waals surface area contributed by atoms with Crippen molar-refractivity contribution in [1.82, 2.24) is 5.32 Å². The van der Waals surface area contributed by atoms with Gasteiger partial charge >= 0.3 is 12.6 Å². The van der Waals surface area contributed by atoms with E-state index in [2.05, 4.69) is 10.1 Å². The summed E-state index contributed by atoms with van der Waals surface area (Å²) < 4.78 is 34.3. The van der Waals surface area contributed by atoms with Crippen LogP contribution in [0.25, 0.3) is 0 Å². The van der Waals surface area contributed by atoms with Gasteiger partial charge in [-0.1, -0.05) is 12.1 Å². The smallest absolute Gasteiger partial charge is 0.387 e. The third kappa shape index (κ3) is 6.21. The highest BCUT2D eigenvalue weighted by Gasteiger charge is 2.22. The Morgan fingerprint density at radius 2 is 1.93 bits per heavy atom. The Bertz CT molecular complexity index is 763. The summed E-state index contributed by atoms with van der Waals surface area (Å²) in [5.41, 5.74) is 0.776. The molecule has 0 spiro atoms. The van der Waals surface area contributed by atoms with Gasteiger partial charge in [0.15, 0.2) is 0 Å². The molecule has 1 aromatic carbocycles. The molecule has 0 saturated heterocycles. The van der Waals surface area contributed by atoms with E-state index in [9.17, 15) is 23.5 Å². The molecule has 0 saturated carbocycles. The van der Waals surface area contributed by atoms with Crippen LogP contribution in [0.4, 0.5) is 8.78 Å². The molecule has 0 aliphatic rings. The van der Waals surface area contributed by atoms with E-state index >= 15 is 0 Å². The van der Waals surface area contributed by atoms with E-state index in [1.807, 2.05) is 6.92 Å². The van der Waals surface area contributed by atoms with Crippen molar-refractivity contribution in [1.29, 1.82) is 0 Å². The fraction of sp³-hybridized carbons (Fsp3) is 0.333. The topological polar surface area (TPSA) is 84.9 Å². The number of carboxylic acid groups (broad SMARTS) is 1. The van der Waals surface area contributed by atoms with E-state index in [0.29, 0.717) is 12.4 Å². The second-order valence-corrected chi connectivity index (χ2v) is 6.43. The molecule has 1 amide bonds. The van der Waals surface area contributed by atoms with Crippen molar-refractivity contribution in [3.63, 3.8) is 0 Å². The maximum absolute atomic E-state index is 12.3. The summed E-state index contributed by atoms with van der Waals surface area (Å²) in [7, 11) is 0. The van der Waals surface area contributed by atoms with Gasteiger partial charge in [0.25, 0.3) is 5.91 Å². The van der Waals surface area contributed by atoms with Gasteiger partial charge in [0, 0.05) is 6.54 Å². The van der Waals surface area contributed by atoms with Crippen molar-refractivity contribution < 1.29 is 33.0 Å².